The lowest BCUT2D eigenvalue weighted by Gasteiger charge is -2.12. The van der Waals surface area contributed by atoms with Crippen molar-refractivity contribution in [2.45, 2.75) is 23.3 Å². The highest BCUT2D eigenvalue weighted by atomic mass is 32.2. The quantitative estimate of drug-likeness (QED) is 0.841. The first-order valence-corrected chi connectivity index (χ1v) is 7.96. The predicted octanol–water partition coefficient (Wildman–Crippen LogP) is 4.21. The van der Waals surface area contributed by atoms with Gasteiger partial charge in [-0.1, -0.05) is 42.5 Å². The molecule has 0 saturated heterocycles. The molecule has 0 amide bonds. The Morgan fingerprint density at radius 1 is 1.05 bits per heavy atom. The zero-order valence-corrected chi connectivity index (χ0v) is 11.9. The van der Waals surface area contributed by atoms with Crippen molar-refractivity contribution in [3.8, 4) is 0 Å². The fourth-order valence-electron chi connectivity index (χ4n) is 2.77. The first-order chi connectivity index (χ1) is 9.29. The molecule has 0 heterocycles. The van der Waals surface area contributed by atoms with Gasteiger partial charge in [-0.15, -0.1) is 11.8 Å². The van der Waals surface area contributed by atoms with Crippen LogP contribution in [0.1, 0.15) is 29.5 Å². The van der Waals surface area contributed by atoms with Crippen molar-refractivity contribution >= 4 is 11.8 Å². The summed E-state index contributed by atoms with van der Waals surface area (Å²) in [5.41, 5.74) is 9.11. The molecular formula is C17H19NS. The number of hydrogen-bond acceptors (Lipinski definition) is 2. The van der Waals surface area contributed by atoms with Gasteiger partial charge < -0.3 is 5.73 Å². The van der Waals surface area contributed by atoms with Crippen LogP contribution in [-0.4, -0.2) is 6.26 Å². The Hall–Kier alpha value is -1.25. The van der Waals surface area contributed by atoms with E-state index in [-0.39, 0.29) is 6.04 Å². The summed E-state index contributed by atoms with van der Waals surface area (Å²) in [7, 11) is 0. The second kappa shape index (κ2) is 5.40. The SMILES string of the molecule is CSc1ccc(C(N)C2CC2c2ccccc2)cc1. The molecular weight excluding hydrogens is 250 g/mol. The van der Waals surface area contributed by atoms with Crippen LogP contribution in [0.2, 0.25) is 0 Å². The van der Waals surface area contributed by atoms with Crippen molar-refractivity contribution in [3.63, 3.8) is 0 Å². The third kappa shape index (κ3) is 2.70. The van der Waals surface area contributed by atoms with Crippen LogP contribution in [0.4, 0.5) is 0 Å². The minimum Gasteiger partial charge on any atom is -0.324 e. The van der Waals surface area contributed by atoms with Crippen LogP contribution in [-0.2, 0) is 0 Å². The number of rotatable bonds is 4. The van der Waals surface area contributed by atoms with Gasteiger partial charge in [-0.25, -0.2) is 0 Å². The zero-order valence-electron chi connectivity index (χ0n) is 11.1. The average Bonchev–Trinajstić information content (AvgIpc) is 3.28. The number of thioether (sulfide) groups is 1. The zero-order chi connectivity index (χ0) is 13.2. The lowest BCUT2D eigenvalue weighted by atomic mass is 10.00. The Morgan fingerprint density at radius 3 is 2.37 bits per heavy atom. The minimum atomic E-state index is 0.168. The van der Waals surface area contributed by atoms with Crippen LogP contribution in [0.5, 0.6) is 0 Å². The highest BCUT2D eigenvalue weighted by Gasteiger charge is 2.42. The Kier molecular flexibility index (Phi) is 3.63. The monoisotopic (exact) mass is 269 g/mol. The van der Waals surface area contributed by atoms with E-state index in [0.29, 0.717) is 11.8 Å². The van der Waals surface area contributed by atoms with Crippen LogP contribution in [0.3, 0.4) is 0 Å². The van der Waals surface area contributed by atoms with Gasteiger partial charge in [0.2, 0.25) is 0 Å². The summed E-state index contributed by atoms with van der Waals surface area (Å²) in [6.07, 6.45) is 3.32. The van der Waals surface area contributed by atoms with E-state index in [9.17, 15) is 0 Å². The van der Waals surface area contributed by atoms with Gasteiger partial charge in [0.05, 0.1) is 0 Å². The standard InChI is InChI=1S/C17H19NS/c1-19-14-9-7-13(8-10-14)17(18)16-11-15(16)12-5-3-2-4-6-12/h2-10,15-17H,11,18H2,1H3. The molecule has 3 atom stereocenters. The molecule has 0 spiro atoms. The molecule has 2 N–H and O–H groups in total. The van der Waals surface area contributed by atoms with Gasteiger partial charge in [-0.2, -0.15) is 0 Å². The average molecular weight is 269 g/mol. The molecule has 1 aliphatic carbocycles. The molecule has 98 valence electrons. The van der Waals surface area contributed by atoms with Gasteiger partial charge in [0, 0.05) is 10.9 Å². The normalized spacial score (nSPS) is 23.1. The summed E-state index contributed by atoms with van der Waals surface area (Å²) in [6, 6.07) is 19.6. The van der Waals surface area contributed by atoms with Crippen molar-refractivity contribution in [2.24, 2.45) is 11.7 Å². The molecule has 0 radical (unpaired) electrons. The van der Waals surface area contributed by atoms with Gasteiger partial charge >= 0.3 is 0 Å². The molecule has 1 fully saturated rings. The maximum atomic E-state index is 6.41. The molecule has 0 aliphatic heterocycles. The third-order valence-electron chi connectivity index (χ3n) is 4.03. The van der Waals surface area contributed by atoms with Gasteiger partial charge in [-0.05, 0) is 47.8 Å². The molecule has 3 rings (SSSR count). The summed E-state index contributed by atoms with van der Waals surface area (Å²) in [5.74, 6) is 1.25. The molecule has 1 aliphatic rings. The number of benzene rings is 2. The van der Waals surface area contributed by atoms with E-state index in [1.165, 1.54) is 22.4 Å². The first kappa shape index (κ1) is 12.8. The van der Waals surface area contributed by atoms with Crippen LogP contribution in [0.15, 0.2) is 59.5 Å². The lowest BCUT2D eigenvalue weighted by Crippen LogP contribution is -2.13. The Bertz CT molecular complexity index is 535. The topological polar surface area (TPSA) is 26.0 Å². The Balaban J connectivity index is 1.70. The second-order valence-electron chi connectivity index (χ2n) is 5.22. The highest BCUT2D eigenvalue weighted by Crippen LogP contribution is 2.53. The molecule has 0 aromatic heterocycles. The number of nitrogens with two attached hydrogens (primary N) is 1. The smallest absolute Gasteiger partial charge is 0.0329 e. The minimum absolute atomic E-state index is 0.168. The molecule has 1 saturated carbocycles. The van der Waals surface area contributed by atoms with Crippen LogP contribution >= 0.6 is 11.8 Å². The van der Waals surface area contributed by atoms with Crippen molar-refractivity contribution in [1.82, 2.24) is 0 Å². The second-order valence-corrected chi connectivity index (χ2v) is 6.10. The molecule has 0 bridgehead atoms. The molecule has 3 unspecified atom stereocenters. The van der Waals surface area contributed by atoms with Crippen molar-refractivity contribution in [1.29, 1.82) is 0 Å². The van der Waals surface area contributed by atoms with Crippen molar-refractivity contribution < 1.29 is 0 Å². The fourth-order valence-corrected chi connectivity index (χ4v) is 3.18. The van der Waals surface area contributed by atoms with Crippen molar-refractivity contribution in [3.05, 3.63) is 65.7 Å². The summed E-state index contributed by atoms with van der Waals surface area (Å²) >= 11 is 1.77. The van der Waals surface area contributed by atoms with Gasteiger partial charge in [-0.3, -0.25) is 0 Å². The van der Waals surface area contributed by atoms with Crippen LogP contribution in [0, 0.1) is 5.92 Å². The van der Waals surface area contributed by atoms with E-state index in [2.05, 4.69) is 60.9 Å². The van der Waals surface area contributed by atoms with E-state index >= 15 is 0 Å². The van der Waals surface area contributed by atoms with Crippen LogP contribution < -0.4 is 5.73 Å². The fraction of sp³-hybridized carbons (Fsp3) is 0.294. The molecule has 2 aromatic rings. The molecule has 2 aromatic carbocycles. The van der Waals surface area contributed by atoms with Crippen LogP contribution in [0.25, 0.3) is 0 Å². The van der Waals surface area contributed by atoms with E-state index < -0.39 is 0 Å². The van der Waals surface area contributed by atoms with E-state index in [0.717, 1.165) is 0 Å². The number of hydrogen-bond donors (Lipinski definition) is 1. The summed E-state index contributed by atoms with van der Waals surface area (Å²) in [5, 5.41) is 0. The first-order valence-electron chi connectivity index (χ1n) is 6.74. The molecule has 2 heteroatoms. The van der Waals surface area contributed by atoms with E-state index in [4.69, 9.17) is 5.73 Å². The van der Waals surface area contributed by atoms with Gasteiger partial charge in [0.15, 0.2) is 0 Å². The summed E-state index contributed by atoms with van der Waals surface area (Å²) in [6.45, 7) is 0. The maximum absolute atomic E-state index is 6.41. The lowest BCUT2D eigenvalue weighted by molar-refractivity contribution is 0.615. The Labute approximate surface area is 119 Å². The third-order valence-corrected chi connectivity index (χ3v) is 4.77. The predicted molar refractivity (Wildman–Crippen MR) is 82.4 cm³/mol. The van der Waals surface area contributed by atoms with Gasteiger partial charge in [0.25, 0.3) is 0 Å². The van der Waals surface area contributed by atoms with Gasteiger partial charge in [0.1, 0.15) is 0 Å². The Morgan fingerprint density at radius 2 is 1.74 bits per heavy atom. The van der Waals surface area contributed by atoms with E-state index in [1.54, 1.807) is 11.8 Å². The maximum Gasteiger partial charge on any atom is 0.0329 e. The summed E-state index contributed by atoms with van der Waals surface area (Å²) < 4.78 is 0. The largest absolute Gasteiger partial charge is 0.324 e. The van der Waals surface area contributed by atoms with E-state index in [1.807, 2.05) is 0 Å². The van der Waals surface area contributed by atoms with Crippen molar-refractivity contribution in [2.75, 3.05) is 6.26 Å². The summed E-state index contributed by atoms with van der Waals surface area (Å²) in [4.78, 5) is 1.30. The molecule has 19 heavy (non-hydrogen) atoms. The highest BCUT2D eigenvalue weighted by molar-refractivity contribution is 7.98. The molecule has 1 nitrogen and oxygen atoms in total.